The Hall–Kier alpha value is -1.49. The molecule has 0 unspecified atom stereocenters. The number of carbonyl (C=O) groups excluding carboxylic acids is 1. The average Bonchev–Trinajstić information content (AvgIpc) is 2.69. The second kappa shape index (κ2) is 5.25. The summed E-state index contributed by atoms with van der Waals surface area (Å²) in [4.78, 5) is 12.1. The van der Waals surface area contributed by atoms with E-state index in [4.69, 9.17) is 4.42 Å². The van der Waals surface area contributed by atoms with Gasteiger partial charge in [-0.3, -0.25) is 4.79 Å². The van der Waals surface area contributed by atoms with E-state index in [1.165, 1.54) is 6.07 Å². The minimum absolute atomic E-state index is 0.136. The van der Waals surface area contributed by atoms with Crippen molar-refractivity contribution in [1.29, 1.82) is 0 Å². The number of carbonyl (C=O) groups is 1. The number of hydrogen-bond acceptors (Lipinski definition) is 2. The fraction of sp³-hybridized carbons (Fsp3) is 0.214. The molecule has 2 aromatic rings. The van der Waals surface area contributed by atoms with Gasteiger partial charge in [-0.15, -0.1) is 0 Å². The molecule has 100 valence electrons. The zero-order valence-corrected chi connectivity index (χ0v) is 12.0. The van der Waals surface area contributed by atoms with Gasteiger partial charge in [0.1, 0.15) is 23.2 Å². The summed E-state index contributed by atoms with van der Waals surface area (Å²) in [5.41, 5.74) is 0.119. The lowest BCUT2D eigenvalue weighted by atomic mass is 10.0. The standard InChI is InChI=1S/C14H11BrF2O2/c1-7-5-9(8(2)19-7)13(18)6-10-12(16)4-3-11(15)14(10)17/h3-5H,6H2,1-2H3. The predicted molar refractivity (Wildman–Crippen MR) is 70.3 cm³/mol. The molecular formula is C14H11BrF2O2. The normalized spacial score (nSPS) is 10.8. The molecule has 0 amide bonds. The highest BCUT2D eigenvalue weighted by Gasteiger charge is 2.19. The van der Waals surface area contributed by atoms with Crippen LogP contribution in [0.4, 0.5) is 8.78 Å². The zero-order valence-electron chi connectivity index (χ0n) is 10.4. The molecule has 0 aliphatic carbocycles. The first kappa shape index (κ1) is 13.9. The summed E-state index contributed by atoms with van der Waals surface area (Å²) in [5, 5.41) is 0. The quantitative estimate of drug-likeness (QED) is 0.619. The van der Waals surface area contributed by atoms with Crippen LogP contribution < -0.4 is 0 Å². The molecule has 0 saturated heterocycles. The van der Waals surface area contributed by atoms with E-state index in [2.05, 4.69) is 15.9 Å². The van der Waals surface area contributed by atoms with Crippen molar-refractivity contribution in [3.8, 4) is 0 Å². The third-order valence-electron chi connectivity index (χ3n) is 2.82. The van der Waals surface area contributed by atoms with E-state index in [-0.39, 0.29) is 22.2 Å². The van der Waals surface area contributed by atoms with Gasteiger partial charge in [0, 0.05) is 12.0 Å². The Labute approximate surface area is 117 Å². The van der Waals surface area contributed by atoms with Gasteiger partial charge in [-0.25, -0.2) is 8.78 Å². The van der Waals surface area contributed by atoms with Gasteiger partial charge in [0.05, 0.1) is 10.0 Å². The maximum Gasteiger partial charge on any atom is 0.170 e. The molecule has 0 N–H and O–H groups in total. The molecule has 0 aliphatic rings. The Balaban J connectivity index is 2.34. The maximum atomic E-state index is 13.8. The van der Waals surface area contributed by atoms with E-state index in [9.17, 15) is 13.6 Å². The third-order valence-corrected chi connectivity index (χ3v) is 3.43. The van der Waals surface area contributed by atoms with Crippen molar-refractivity contribution in [3.05, 3.63) is 57.0 Å². The molecule has 0 fully saturated rings. The molecule has 19 heavy (non-hydrogen) atoms. The van der Waals surface area contributed by atoms with Crippen molar-refractivity contribution in [1.82, 2.24) is 0 Å². The molecule has 5 heteroatoms. The molecule has 0 bridgehead atoms. The highest BCUT2D eigenvalue weighted by molar-refractivity contribution is 9.10. The summed E-state index contributed by atoms with van der Waals surface area (Å²) in [5.74, 6) is -0.794. The second-order valence-electron chi connectivity index (χ2n) is 4.25. The Bertz CT molecular complexity index is 647. The van der Waals surface area contributed by atoms with E-state index in [0.29, 0.717) is 17.1 Å². The summed E-state index contributed by atoms with van der Waals surface area (Å²) >= 11 is 2.97. The Morgan fingerprint density at radius 3 is 2.58 bits per heavy atom. The molecule has 1 heterocycles. The van der Waals surface area contributed by atoms with Crippen molar-refractivity contribution < 1.29 is 18.0 Å². The molecule has 1 aromatic heterocycles. The largest absolute Gasteiger partial charge is 0.466 e. The van der Waals surface area contributed by atoms with Gasteiger partial charge in [-0.2, -0.15) is 0 Å². The second-order valence-corrected chi connectivity index (χ2v) is 5.10. The maximum absolute atomic E-state index is 13.8. The lowest BCUT2D eigenvalue weighted by Gasteiger charge is -2.05. The average molecular weight is 329 g/mol. The van der Waals surface area contributed by atoms with Gasteiger partial charge in [-0.1, -0.05) is 0 Å². The molecule has 1 aromatic carbocycles. The number of rotatable bonds is 3. The van der Waals surface area contributed by atoms with E-state index >= 15 is 0 Å². The molecule has 2 rings (SSSR count). The zero-order chi connectivity index (χ0) is 14.2. The third kappa shape index (κ3) is 2.76. The van der Waals surface area contributed by atoms with Gasteiger partial charge < -0.3 is 4.42 Å². The fourth-order valence-corrected chi connectivity index (χ4v) is 2.27. The summed E-state index contributed by atoms with van der Waals surface area (Å²) in [6.07, 6.45) is -0.336. The molecule has 0 spiro atoms. The summed E-state index contributed by atoms with van der Waals surface area (Å²) in [6, 6.07) is 3.97. The smallest absolute Gasteiger partial charge is 0.170 e. The number of Topliss-reactive ketones (excluding diaryl/α,β-unsaturated/α-hetero) is 1. The number of hydrogen-bond donors (Lipinski definition) is 0. The first-order chi connectivity index (χ1) is 8.90. The topological polar surface area (TPSA) is 30.2 Å². The van der Waals surface area contributed by atoms with Gasteiger partial charge in [0.2, 0.25) is 0 Å². The first-order valence-electron chi connectivity index (χ1n) is 5.62. The Morgan fingerprint density at radius 1 is 1.32 bits per heavy atom. The van der Waals surface area contributed by atoms with Crippen LogP contribution in [-0.2, 0) is 6.42 Å². The summed E-state index contributed by atoms with van der Waals surface area (Å²) in [6.45, 7) is 3.36. The van der Waals surface area contributed by atoms with Crippen molar-refractivity contribution >= 4 is 21.7 Å². The summed E-state index contributed by atoms with van der Waals surface area (Å²) < 4.78 is 32.7. The lowest BCUT2D eigenvalue weighted by Crippen LogP contribution is -2.08. The molecule has 0 radical (unpaired) electrons. The van der Waals surface area contributed by atoms with Crippen LogP contribution in [0.3, 0.4) is 0 Å². The van der Waals surface area contributed by atoms with Gasteiger partial charge in [-0.05, 0) is 48.0 Å². The van der Waals surface area contributed by atoms with Crippen LogP contribution in [0.25, 0.3) is 0 Å². The minimum Gasteiger partial charge on any atom is -0.466 e. The van der Waals surface area contributed by atoms with Crippen molar-refractivity contribution in [2.45, 2.75) is 20.3 Å². The number of benzene rings is 1. The first-order valence-corrected chi connectivity index (χ1v) is 6.42. The van der Waals surface area contributed by atoms with Crippen LogP contribution in [0.15, 0.2) is 27.1 Å². The number of halogens is 3. The van der Waals surface area contributed by atoms with Crippen LogP contribution in [0, 0.1) is 25.5 Å². The number of aryl methyl sites for hydroxylation is 2. The van der Waals surface area contributed by atoms with Crippen LogP contribution in [0.2, 0.25) is 0 Å². The minimum atomic E-state index is -0.744. The van der Waals surface area contributed by atoms with E-state index in [1.54, 1.807) is 19.9 Å². The molecule has 2 nitrogen and oxygen atoms in total. The Kier molecular flexibility index (Phi) is 3.85. The van der Waals surface area contributed by atoms with Crippen molar-refractivity contribution in [3.63, 3.8) is 0 Å². The predicted octanol–water partition coefficient (Wildman–Crippen LogP) is 4.36. The molecule has 0 atom stereocenters. The van der Waals surface area contributed by atoms with Crippen molar-refractivity contribution in [2.75, 3.05) is 0 Å². The van der Waals surface area contributed by atoms with Gasteiger partial charge >= 0.3 is 0 Å². The van der Waals surface area contributed by atoms with Crippen LogP contribution >= 0.6 is 15.9 Å². The SMILES string of the molecule is Cc1cc(C(=O)Cc2c(F)ccc(Br)c2F)c(C)o1. The van der Waals surface area contributed by atoms with E-state index in [1.807, 2.05) is 0 Å². The highest BCUT2D eigenvalue weighted by atomic mass is 79.9. The lowest BCUT2D eigenvalue weighted by molar-refractivity contribution is 0.0989. The Morgan fingerprint density at radius 2 is 2.00 bits per heavy atom. The fourth-order valence-electron chi connectivity index (χ4n) is 1.89. The van der Waals surface area contributed by atoms with Gasteiger partial charge in [0.15, 0.2) is 5.78 Å². The van der Waals surface area contributed by atoms with Gasteiger partial charge in [0.25, 0.3) is 0 Å². The molecule has 0 aliphatic heterocycles. The van der Waals surface area contributed by atoms with E-state index in [0.717, 1.165) is 6.07 Å². The molecular weight excluding hydrogens is 318 g/mol. The number of furan rings is 1. The highest BCUT2D eigenvalue weighted by Crippen LogP contribution is 2.24. The molecule has 0 saturated carbocycles. The number of ketones is 1. The van der Waals surface area contributed by atoms with Crippen LogP contribution in [0.1, 0.15) is 27.4 Å². The van der Waals surface area contributed by atoms with E-state index < -0.39 is 11.6 Å². The summed E-state index contributed by atoms with van der Waals surface area (Å²) in [7, 11) is 0. The monoisotopic (exact) mass is 328 g/mol. The van der Waals surface area contributed by atoms with Crippen LogP contribution in [0.5, 0.6) is 0 Å². The van der Waals surface area contributed by atoms with Crippen LogP contribution in [-0.4, -0.2) is 5.78 Å². The van der Waals surface area contributed by atoms with Crippen molar-refractivity contribution in [2.24, 2.45) is 0 Å².